The van der Waals surface area contributed by atoms with Crippen LogP contribution in [0.15, 0.2) is 24.3 Å². The van der Waals surface area contributed by atoms with Gasteiger partial charge >= 0.3 is 0 Å². The van der Waals surface area contributed by atoms with Gasteiger partial charge in [-0.2, -0.15) is 11.8 Å². The number of anilines is 1. The summed E-state index contributed by atoms with van der Waals surface area (Å²) in [5.41, 5.74) is 2.39. The largest absolute Gasteiger partial charge is 0.378 e. The zero-order valence-corrected chi connectivity index (χ0v) is 15.0. The highest BCUT2D eigenvalue weighted by Crippen LogP contribution is 2.21. The number of carbonyl (C=O) groups excluding carboxylic acids is 1. The number of nitrogens with one attached hydrogen (secondary N) is 1. The molecule has 0 atom stereocenters. The van der Waals surface area contributed by atoms with Crippen LogP contribution < -0.4 is 10.2 Å². The predicted molar refractivity (Wildman–Crippen MR) is 98.1 cm³/mol. The third-order valence-electron chi connectivity index (χ3n) is 3.89. The zero-order chi connectivity index (χ0) is 16.5. The van der Waals surface area contributed by atoms with Gasteiger partial charge in [0.25, 0.3) is 0 Å². The summed E-state index contributed by atoms with van der Waals surface area (Å²) in [6.45, 7) is 8.38. The summed E-state index contributed by atoms with van der Waals surface area (Å²) in [4.78, 5) is 14.3. The summed E-state index contributed by atoms with van der Waals surface area (Å²) >= 11 is 1.72. The molecule has 0 saturated carbocycles. The van der Waals surface area contributed by atoms with E-state index in [1.807, 2.05) is 6.07 Å². The summed E-state index contributed by atoms with van der Waals surface area (Å²) in [5.74, 6) is 2.42. The number of nitrogens with zero attached hydrogens (tertiary/aromatic N) is 1. The molecule has 1 heterocycles. The van der Waals surface area contributed by atoms with Crippen molar-refractivity contribution in [3.63, 3.8) is 0 Å². The van der Waals surface area contributed by atoms with Gasteiger partial charge in [0, 0.05) is 25.3 Å². The summed E-state index contributed by atoms with van der Waals surface area (Å²) in [5, 5.41) is 3.05. The quantitative estimate of drug-likeness (QED) is 0.741. The molecule has 1 N–H and O–H groups in total. The maximum atomic E-state index is 12.0. The topological polar surface area (TPSA) is 41.6 Å². The first-order chi connectivity index (χ1) is 11.2. The number of rotatable bonds is 8. The van der Waals surface area contributed by atoms with Crippen molar-refractivity contribution in [3.05, 3.63) is 29.8 Å². The number of amides is 1. The van der Waals surface area contributed by atoms with Crippen LogP contribution in [0, 0.1) is 5.92 Å². The van der Waals surface area contributed by atoms with E-state index in [0.29, 0.717) is 18.2 Å². The van der Waals surface area contributed by atoms with E-state index in [-0.39, 0.29) is 5.91 Å². The minimum atomic E-state index is 0.121. The van der Waals surface area contributed by atoms with Gasteiger partial charge in [-0.1, -0.05) is 32.0 Å². The summed E-state index contributed by atoms with van der Waals surface area (Å²) in [6, 6.07) is 8.31. The van der Waals surface area contributed by atoms with Crippen LogP contribution >= 0.6 is 11.8 Å². The number of ether oxygens (including phenoxy) is 1. The molecule has 0 aromatic heterocycles. The molecule has 1 aromatic rings. The van der Waals surface area contributed by atoms with Crippen molar-refractivity contribution in [2.24, 2.45) is 5.92 Å². The molecule has 1 fully saturated rings. The lowest BCUT2D eigenvalue weighted by molar-refractivity contribution is -0.118. The minimum Gasteiger partial charge on any atom is -0.378 e. The van der Waals surface area contributed by atoms with E-state index >= 15 is 0 Å². The monoisotopic (exact) mass is 336 g/mol. The van der Waals surface area contributed by atoms with Crippen LogP contribution in [0.3, 0.4) is 0 Å². The van der Waals surface area contributed by atoms with E-state index in [2.05, 4.69) is 42.3 Å². The molecule has 23 heavy (non-hydrogen) atoms. The average molecular weight is 337 g/mol. The Balaban J connectivity index is 1.79. The van der Waals surface area contributed by atoms with E-state index < -0.39 is 0 Å². The maximum absolute atomic E-state index is 12.0. The van der Waals surface area contributed by atoms with Crippen LogP contribution in [-0.4, -0.2) is 43.7 Å². The van der Waals surface area contributed by atoms with Crippen molar-refractivity contribution in [1.29, 1.82) is 0 Å². The molecule has 1 aromatic carbocycles. The normalized spacial score (nSPS) is 15.0. The molecule has 1 aliphatic rings. The molecule has 1 aliphatic heterocycles. The fourth-order valence-electron chi connectivity index (χ4n) is 2.50. The van der Waals surface area contributed by atoms with Gasteiger partial charge in [-0.15, -0.1) is 0 Å². The SMILES string of the molecule is CC(C)CCSCC(=O)NCc1ccccc1N1CCOCC1. The van der Waals surface area contributed by atoms with Crippen LogP contribution in [0.4, 0.5) is 5.69 Å². The van der Waals surface area contributed by atoms with Crippen molar-refractivity contribution in [2.75, 3.05) is 42.7 Å². The molecule has 0 radical (unpaired) electrons. The van der Waals surface area contributed by atoms with Gasteiger partial charge in [-0.05, 0) is 29.7 Å². The Hall–Kier alpha value is -1.20. The Kier molecular flexibility index (Phi) is 7.76. The lowest BCUT2D eigenvalue weighted by Crippen LogP contribution is -2.37. The fourth-order valence-corrected chi connectivity index (χ4v) is 3.57. The summed E-state index contributed by atoms with van der Waals surface area (Å²) in [7, 11) is 0. The van der Waals surface area contributed by atoms with Gasteiger partial charge in [-0.25, -0.2) is 0 Å². The first kappa shape index (κ1) is 18.1. The number of benzene rings is 1. The molecule has 4 nitrogen and oxygen atoms in total. The van der Waals surface area contributed by atoms with E-state index in [4.69, 9.17) is 4.74 Å². The van der Waals surface area contributed by atoms with Crippen molar-refractivity contribution in [2.45, 2.75) is 26.8 Å². The van der Waals surface area contributed by atoms with Crippen LogP contribution in [0.5, 0.6) is 0 Å². The lowest BCUT2D eigenvalue weighted by Gasteiger charge is -2.30. The van der Waals surface area contributed by atoms with Crippen molar-refractivity contribution in [3.8, 4) is 0 Å². The molecule has 2 rings (SSSR count). The van der Waals surface area contributed by atoms with E-state index in [1.54, 1.807) is 11.8 Å². The molecule has 0 bridgehead atoms. The van der Waals surface area contributed by atoms with Crippen molar-refractivity contribution < 1.29 is 9.53 Å². The second-order valence-corrected chi connectivity index (χ2v) is 7.35. The molecule has 128 valence electrons. The second kappa shape index (κ2) is 9.83. The standard InChI is InChI=1S/C18H28N2O2S/c1-15(2)7-12-23-14-18(21)19-13-16-5-3-4-6-17(16)20-8-10-22-11-9-20/h3-6,15H,7-14H2,1-2H3,(H,19,21). The highest BCUT2D eigenvalue weighted by atomic mass is 32.2. The van der Waals surface area contributed by atoms with Crippen molar-refractivity contribution in [1.82, 2.24) is 5.32 Å². The lowest BCUT2D eigenvalue weighted by atomic mass is 10.1. The molecule has 0 aliphatic carbocycles. The molecule has 0 unspecified atom stereocenters. The summed E-state index contributed by atoms with van der Waals surface area (Å²) < 4.78 is 5.42. The van der Waals surface area contributed by atoms with Crippen LogP contribution in [0.1, 0.15) is 25.8 Å². The third kappa shape index (κ3) is 6.43. The van der Waals surface area contributed by atoms with Gasteiger partial charge in [0.2, 0.25) is 5.91 Å². The summed E-state index contributed by atoms with van der Waals surface area (Å²) in [6.07, 6.45) is 1.16. The number of thioether (sulfide) groups is 1. The highest BCUT2D eigenvalue weighted by molar-refractivity contribution is 7.99. The number of hydrogen-bond acceptors (Lipinski definition) is 4. The third-order valence-corrected chi connectivity index (χ3v) is 4.88. The van der Waals surface area contributed by atoms with Crippen molar-refractivity contribution >= 4 is 23.4 Å². The molecule has 0 spiro atoms. The Morgan fingerprint density at radius 3 is 2.78 bits per heavy atom. The number of carbonyl (C=O) groups is 1. The van der Waals surface area contributed by atoms with Gasteiger partial charge < -0.3 is 15.0 Å². The van der Waals surface area contributed by atoms with Crippen LogP contribution in [0.2, 0.25) is 0 Å². The molecular formula is C18H28N2O2S. The Labute approximate surface area is 144 Å². The Morgan fingerprint density at radius 2 is 2.04 bits per heavy atom. The first-order valence-corrected chi connectivity index (χ1v) is 9.57. The van der Waals surface area contributed by atoms with Gasteiger partial charge in [-0.3, -0.25) is 4.79 Å². The first-order valence-electron chi connectivity index (χ1n) is 8.42. The number of morpholine rings is 1. The van der Waals surface area contributed by atoms with Gasteiger partial charge in [0.05, 0.1) is 19.0 Å². The molecular weight excluding hydrogens is 308 g/mol. The molecule has 1 amide bonds. The van der Waals surface area contributed by atoms with Crippen LogP contribution in [-0.2, 0) is 16.1 Å². The van der Waals surface area contributed by atoms with Gasteiger partial charge in [0.15, 0.2) is 0 Å². The highest BCUT2D eigenvalue weighted by Gasteiger charge is 2.14. The smallest absolute Gasteiger partial charge is 0.230 e. The second-order valence-electron chi connectivity index (χ2n) is 6.24. The predicted octanol–water partition coefficient (Wildman–Crippen LogP) is 2.92. The minimum absolute atomic E-state index is 0.121. The number of para-hydroxylation sites is 1. The van der Waals surface area contributed by atoms with E-state index in [1.165, 1.54) is 11.3 Å². The fraction of sp³-hybridized carbons (Fsp3) is 0.611. The Bertz CT molecular complexity index is 488. The van der Waals surface area contributed by atoms with E-state index in [0.717, 1.165) is 38.5 Å². The molecule has 1 saturated heterocycles. The van der Waals surface area contributed by atoms with Gasteiger partial charge in [0.1, 0.15) is 0 Å². The maximum Gasteiger partial charge on any atom is 0.230 e. The Morgan fingerprint density at radius 1 is 1.30 bits per heavy atom. The average Bonchev–Trinajstić information content (AvgIpc) is 2.58. The molecule has 5 heteroatoms. The van der Waals surface area contributed by atoms with E-state index in [9.17, 15) is 4.79 Å². The van der Waals surface area contributed by atoms with Crippen LogP contribution in [0.25, 0.3) is 0 Å². The number of hydrogen-bond donors (Lipinski definition) is 1. The zero-order valence-electron chi connectivity index (χ0n) is 14.2.